The van der Waals surface area contributed by atoms with E-state index in [2.05, 4.69) is 49.8 Å². The van der Waals surface area contributed by atoms with E-state index in [1.807, 2.05) is 4.90 Å². The molecule has 20 heavy (non-hydrogen) atoms. The van der Waals surface area contributed by atoms with E-state index in [-0.39, 0.29) is 23.5 Å². The number of hydrogen-bond donors (Lipinski definition) is 1. The minimum Gasteiger partial charge on any atom is -0.321 e. The Hall–Kier alpha value is -0.870. The molecular weight excluding hydrogens is 268 g/mol. The molecule has 0 aromatic carbocycles. The molecule has 1 aliphatic heterocycles. The maximum atomic E-state index is 12.7. The number of unbranched alkanes of at least 4 members (excludes halogenated alkanes) is 1. The van der Waals surface area contributed by atoms with Gasteiger partial charge in [0.2, 0.25) is 5.91 Å². The standard InChI is InChI=1S/C16H26N2OS/c1-5-6-7-13-15(19)18(11-16(2,3)4)14(17-13)12-8-9-20-10-12/h8-10,13-14,17H,5-7,11H2,1-4H3. The molecule has 0 radical (unpaired) electrons. The third-order valence-corrected chi connectivity index (χ3v) is 4.30. The number of carbonyl (C=O) groups is 1. The fourth-order valence-corrected chi connectivity index (χ4v) is 3.36. The quantitative estimate of drug-likeness (QED) is 0.896. The molecule has 1 fully saturated rings. The Kier molecular flexibility index (Phi) is 4.86. The minimum absolute atomic E-state index is 0.0119. The van der Waals surface area contributed by atoms with Gasteiger partial charge < -0.3 is 4.90 Å². The summed E-state index contributed by atoms with van der Waals surface area (Å²) in [6, 6.07) is 2.11. The van der Waals surface area contributed by atoms with Crippen molar-refractivity contribution in [2.45, 2.75) is 59.2 Å². The highest BCUT2D eigenvalue weighted by molar-refractivity contribution is 7.07. The van der Waals surface area contributed by atoms with Gasteiger partial charge in [0.05, 0.1) is 6.04 Å². The van der Waals surface area contributed by atoms with Crippen LogP contribution in [0.15, 0.2) is 16.8 Å². The molecule has 0 bridgehead atoms. The first-order valence-electron chi connectivity index (χ1n) is 7.51. The van der Waals surface area contributed by atoms with Gasteiger partial charge in [-0.25, -0.2) is 0 Å². The van der Waals surface area contributed by atoms with E-state index in [4.69, 9.17) is 0 Å². The molecule has 4 heteroatoms. The smallest absolute Gasteiger partial charge is 0.241 e. The molecule has 1 aromatic heterocycles. The van der Waals surface area contributed by atoms with E-state index in [0.29, 0.717) is 0 Å². The Morgan fingerprint density at radius 2 is 2.15 bits per heavy atom. The SMILES string of the molecule is CCCCC1NC(c2ccsc2)N(CC(C)(C)C)C1=O. The van der Waals surface area contributed by atoms with Crippen LogP contribution in [-0.4, -0.2) is 23.4 Å². The third-order valence-electron chi connectivity index (χ3n) is 3.60. The zero-order chi connectivity index (χ0) is 14.8. The van der Waals surface area contributed by atoms with Gasteiger partial charge in [0.25, 0.3) is 0 Å². The van der Waals surface area contributed by atoms with E-state index in [1.54, 1.807) is 11.3 Å². The summed E-state index contributed by atoms with van der Waals surface area (Å²) in [5.41, 5.74) is 1.33. The van der Waals surface area contributed by atoms with Gasteiger partial charge in [-0.2, -0.15) is 11.3 Å². The molecule has 2 atom stereocenters. The summed E-state index contributed by atoms with van der Waals surface area (Å²) in [5, 5.41) is 7.75. The topological polar surface area (TPSA) is 32.3 Å². The Bertz CT molecular complexity index is 436. The Morgan fingerprint density at radius 1 is 1.40 bits per heavy atom. The number of rotatable bonds is 5. The van der Waals surface area contributed by atoms with Crippen LogP contribution in [0.3, 0.4) is 0 Å². The van der Waals surface area contributed by atoms with Crippen LogP contribution in [0, 0.1) is 5.41 Å². The average molecular weight is 294 g/mol. The first-order chi connectivity index (χ1) is 9.42. The van der Waals surface area contributed by atoms with Crippen molar-refractivity contribution in [2.24, 2.45) is 5.41 Å². The van der Waals surface area contributed by atoms with Crippen molar-refractivity contribution in [3.05, 3.63) is 22.4 Å². The maximum absolute atomic E-state index is 12.7. The van der Waals surface area contributed by atoms with E-state index < -0.39 is 0 Å². The summed E-state index contributed by atoms with van der Waals surface area (Å²) in [5.74, 6) is 0.268. The van der Waals surface area contributed by atoms with Gasteiger partial charge in [-0.15, -0.1) is 0 Å². The molecule has 1 aliphatic rings. The highest BCUT2D eigenvalue weighted by Crippen LogP contribution is 2.31. The van der Waals surface area contributed by atoms with Crippen molar-refractivity contribution in [2.75, 3.05) is 6.54 Å². The number of hydrogen-bond acceptors (Lipinski definition) is 3. The van der Waals surface area contributed by atoms with Gasteiger partial charge >= 0.3 is 0 Å². The summed E-state index contributed by atoms with van der Waals surface area (Å²) in [4.78, 5) is 14.7. The normalized spacial score (nSPS) is 23.6. The van der Waals surface area contributed by atoms with Crippen LogP contribution < -0.4 is 5.32 Å². The molecule has 1 aromatic rings. The van der Waals surface area contributed by atoms with Gasteiger partial charge in [-0.3, -0.25) is 10.1 Å². The highest BCUT2D eigenvalue weighted by Gasteiger charge is 2.40. The molecule has 0 spiro atoms. The number of carbonyl (C=O) groups excluding carboxylic acids is 1. The van der Waals surface area contributed by atoms with Crippen LogP contribution in [0.1, 0.15) is 58.7 Å². The second-order valence-corrected chi connectivity index (χ2v) is 7.63. The Labute approximate surface area is 126 Å². The van der Waals surface area contributed by atoms with Crippen LogP contribution in [0.5, 0.6) is 0 Å². The van der Waals surface area contributed by atoms with Crippen LogP contribution in [0.25, 0.3) is 0 Å². The highest BCUT2D eigenvalue weighted by atomic mass is 32.1. The van der Waals surface area contributed by atoms with Crippen molar-refractivity contribution in [3.63, 3.8) is 0 Å². The van der Waals surface area contributed by atoms with Gasteiger partial charge in [-0.1, -0.05) is 40.5 Å². The third kappa shape index (κ3) is 3.61. The van der Waals surface area contributed by atoms with Crippen molar-refractivity contribution < 1.29 is 4.79 Å². The minimum atomic E-state index is -0.0119. The summed E-state index contributed by atoms with van der Waals surface area (Å²) in [6.45, 7) is 9.52. The van der Waals surface area contributed by atoms with Crippen LogP contribution in [0.4, 0.5) is 0 Å². The molecule has 0 aliphatic carbocycles. The van der Waals surface area contributed by atoms with Gasteiger partial charge in [0.15, 0.2) is 0 Å². The Balaban J connectivity index is 2.17. The lowest BCUT2D eigenvalue weighted by atomic mass is 9.95. The number of thiophene rings is 1. The molecular formula is C16H26N2OS. The molecule has 2 heterocycles. The Morgan fingerprint density at radius 3 is 2.70 bits per heavy atom. The fourth-order valence-electron chi connectivity index (χ4n) is 2.68. The lowest BCUT2D eigenvalue weighted by molar-refractivity contribution is -0.131. The molecule has 0 saturated carbocycles. The van der Waals surface area contributed by atoms with Crippen LogP contribution in [-0.2, 0) is 4.79 Å². The summed E-state index contributed by atoms with van der Waals surface area (Å²) in [7, 11) is 0. The molecule has 112 valence electrons. The molecule has 2 rings (SSSR count). The molecule has 2 unspecified atom stereocenters. The second kappa shape index (κ2) is 6.27. The van der Waals surface area contributed by atoms with Crippen molar-refractivity contribution in [3.8, 4) is 0 Å². The zero-order valence-corrected chi connectivity index (χ0v) is 13.8. The van der Waals surface area contributed by atoms with E-state index >= 15 is 0 Å². The van der Waals surface area contributed by atoms with Gasteiger partial charge in [0, 0.05) is 6.54 Å². The van der Waals surface area contributed by atoms with Crippen LogP contribution in [0.2, 0.25) is 0 Å². The van der Waals surface area contributed by atoms with Crippen LogP contribution >= 0.6 is 11.3 Å². The molecule has 1 amide bonds. The largest absolute Gasteiger partial charge is 0.321 e. The predicted octanol–water partition coefficient (Wildman–Crippen LogP) is 3.78. The first-order valence-corrected chi connectivity index (χ1v) is 8.45. The molecule has 1 saturated heterocycles. The monoisotopic (exact) mass is 294 g/mol. The maximum Gasteiger partial charge on any atom is 0.241 e. The lowest BCUT2D eigenvalue weighted by Crippen LogP contribution is -2.37. The first kappa shape index (κ1) is 15.5. The summed E-state index contributed by atoms with van der Waals surface area (Å²) >= 11 is 1.69. The molecule has 1 N–H and O–H groups in total. The fraction of sp³-hybridized carbons (Fsp3) is 0.688. The number of nitrogens with zero attached hydrogens (tertiary/aromatic N) is 1. The zero-order valence-electron chi connectivity index (χ0n) is 13.0. The van der Waals surface area contributed by atoms with Gasteiger partial charge in [0.1, 0.15) is 6.17 Å². The van der Waals surface area contributed by atoms with E-state index in [0.717, 1.165) is 25.8 Å². The van der Waals surface area contributed by atoms with Crippen molar-refractivity contribution in [1.29, 1.82) is 0 Å². The van der Waals surface area contributed by atoms with Gasteiger partial charge in [-0.05, 0) is 34.2 Å². The summed E-state index contributed by atoms with van der Waals surface area (Å²) in [6.07, 6.45) is 3.22. The number of amides is 1. The summed E-state index contributed by atoms with van der Waals surface area (Å²) < 4.78 is 0. The van der Waals surface area contributed by atoms with E-state index in [1.165, 1.54) is 5.56 Å². The second-order valence-electron chi connectivity index (χ2n) is 6.85. The molecule has 3 nitrogen and oxygen atoms in total. The van der Waals surface area contributed by atoms with E-state index in [9.17, 15) is 4.79 Å². The van der Waals surface area contributed by atoms with Crippen molar-refractivity contribution >= 4 is 17.2 Å². The van der Waals surface area contributed by atoms with Crippen molar-refractivity contribution in [1.82, 2.24) is 10.2 Å². The average Bonchev–Trinajstić information content (AvgIpc) is 2.96. The predicted molar refractivity (Wildman–Crippen MR) is 84.7 cm³/mol. The number of nitrogens with one attached hydrogen (secondary N) is 1. The lowest BCUT2D eigenvalue weighted by Gasteiger charge is -2.30.